The van der Waals surface area contributed by atoms with Gasteiger partial charge in [-0.1, -0.05) is 20.8 Å². The van der Waals surface area contributed by atoms with Crippen LogP contribution in [0, 0.1) is 11.8 Å². The molecule has 0 saturated carbocycles. The molecule has 1 N–H and O–H groups in total. The van der Waals surface area contributed by atoms with Crippen LogP contribution in [-0.4, -0.2) is 12.6 Å². The van der Waals surface area contributed by atoms with Crippen LogP contribution in [0.1, 0.15) is 40.0 Å². The second-order valence-electron chi connectivity index (χ2n) is 4.42. The van der Waals surface area contributed by atoms with Crippen LogP contribution >= 0.6 is 0 Å². The minimum Gasteiger partial charge on any atom is -0.314 e. The van der Waals surface area contributed by atoms with Gasteiger partial charge in [-0.15, -0.1) is 0 Å². The molecule has 0 bridgehead atoms. The van der Waals surface area contributed by atoms with Crippen LogP contribution < -0.4 is 5.32 Å². The number of nitrogens with one attached hydrogen (secondary N) is 1. The lowest BCUT2D eigenvalue weighted by Gasteiger charge is -2.28. The van der Waals surface area contributed by atoms with Crippen molar-refractivity contribution in [2.45, 2.75) is 46.1 Å². The molecule has 0 aromatic heterocycles. The van der Waals surface area contributed by atoms with Gasteiger partial charge in [-0.3, -0.25) is 0 Å². The van der Waals surface area contributed by atoms with Crippen molar-refractivity contribution in [1.82, 2.24) is 5.32 Å². The van der Waals surface area contributed by atoms with Crippen molar-refractivity contribution in [3.05, 3.63) is 0 Å². The quantitative estimate of drug-likeness (QED) is 0.645. The standard InChI is InChI=1S/C10H21N/c1-8(2)6-10-5-4-9(3)7-11-10/h8-11H,4-7H2,1-3H3. The van der Waals surface area contributed by atoms with Crippen LogP contribution in [0.25, 0.3) is 0 Å². The maximum Gasteiger partial charge on any atom is 0.00697 e. The average Bonchev–Trinajstić information content (AvgIpc) is 1.93. The third-order valence-electron chi connectivity index (χ3n) is 2.52. The van der Waals surface area contributed by atoms with Gasteiger partial charge in [0.1, 0.15) is 0 Å². The van der Waals surface area contributed by atoms with Crippen LogP contribution in [0.4, 0.5) is 0 Å². The van der Waals surface area contributed by atoms with Gasteiger partial charge in [0.05, 0.1) is 0 Å². The highest BCUT2D eigenvalue weighted by atomic mass is 14.9. The third kappa shape index (κ3) is 3.24. The Labute approximate surface area is 70.6 Å². The molecule has 1 rings (SSSR count). The lowest BCUT2D eigenvalue weighted by Crippen LogP contribution is -2.38. The highest BCUT2D eigenvalue weighted by molar-refractivity contribution is 4.76. The summed E-state index contributed by atoms with van der Waals surface area (Å²) >= 11 is 0. The molecule has 0 radical (unpaired) electrons. The van der Waals surface area contributed by atoms with E-state index in [1.54, 1.807) is 0 Å². The van der Waals surface area contributed by atoms with Gasteiger partial charge in [-0.2, -0.15) is 0 Å². The van der Waals surface area contributed by atoms with E-state index < -0.39 is 0 Å². The normalized spacial score (nSPS) is 32.7. The van der Waals surface area contributed by atoms with E-state index in [1.807, 2.05) is 0 Å². The van der Waals surface area contributed by atoms with Gasteiger partial charge >= 0.3 is 0 Å². The Morgan fingerprint density at radius 2 is 2.09 bits per heavy atom. The number of hydrogen-bond donors (Lipinski definition) is 1. The van der Waals surface area contributed by atoms with E-state index in [9.17, 15) is 0 Å². The smallest absolute Gasteiger partial charge is 0.00697 e. The fraction of sp³-hybridized carbons (Fsp3) is 1.00. The average molecular weight is 155 g/mol. The summed E-state index contributed by atoms with van der Waals surface area (Å²) < 4.78 is 0. The van der Waals surface area contributed by atoms with E-state index in [4.69, 9.17) is 0 Å². The van der Waals surface area contributed by atoms with Crippen molar-refractivity contribution >= 4 is 0 Å². The Morgan fingerprint density at radius 3 is 2.55 bits per heavy atom. The molecule has 0 aromatic carbocycles. The first-order valence-electron chi connectivity index (χ1n) is 4.92. The van der Waals surface area contributed by atoms with Crippen molar-refractivity contribution in [1.29, 1.82) is 0 Å². The number of hydrogen-bond acceptors (Lipinski definition) is 1. The largest absolute Gasteiger partial charge is 0.314 e. The number of rotatable bonds is 2. The van der Waals surface area contributed by atoms with Crippen molar-refractivity contribution < 1.29 is 0 Å². The van der Waals surface area contributed by atoms with Gasteiger partial charge < -0.3 is 5.32 Å². The first kappa shape index (κ1) is 9.05. The summed E-state index contributed by atoms with van der Waals surface area (Å²) in [7, 11) is 0. The molecule has 0 aliphatic carbocycles. The van der Waals surface area contributed by atoms with Crippen LogP contribution in [0.15, 0.2) is 0 Å². The molecule has 2 atom stereocenters. The van der Waals surface area contributed by atoms with Crippen LogP contribution in [0.5, 0.6) is 0 Å². The first-order chi connectivity index (χ1) is 5.18. The summed E-state index contributed by atoms with van der Waals surface area (Å²) in [5, 5.41) is 3.60. The van der Waals surface area contributed by atoms with Crippen molar-refractivity contribution in [2.75, 3.05) is 6.54 Å². The fourth-order valence-corrected chi connectivity index (χ4v) is 1.83. The predicted octanol–water partition coefficient (Wildman–Crippen LogP) is 2.42. The van der Waals surface area contributed by atoms with Crippen LogP contribution in [-0.2, 0) is 0 Å². The highest BCUT2D eigenvalue weighted by Gasteiger charge is 2.17. The van der Waals surface area contributed by atoms with Crippen molar-refractivity contribution in [3.8, 4) is 0 Å². The molecule has 0 aromatic rings. The predicted molar refractivity (Wildman–Crippen MR) is 49.6 cm³/mol. The molecule has 11 heavy (non-hydrogen) atoms. The van der Waals surface area contributed by atoms with Gasteiger partial charge in [-0.25, -0.2) is 0 Å². The summed E-state index contributed by atoms with van der Waals surface area (Å²) in [5.74, 6) is 1.75. The van der Waals surface area contributed by atoms with E-state index in [1.165, 1.54) is 25.8 Å². The molecule has 1 heteroatoms. The summed E-state index contributed by atoms with van der Waals surface area (Å²) in [6.07, 6.45) is 4.16. The second kappa shape index (κ2) is 4.10. The van der Waals surface area contributed by atoms with Gasteiger partial charge in [0.2, 0.25) is 0 Å². The molecule has 1 nitrogen and oxygen atoms in total. The third-order valence-corrected chi connectivity index (χ3v) is 2.52. The van der Waals surface area contributed by atoms with Crippen molar-refractivity contribution in [3.63, 3.8) is 0 Å². The van der Waals surface area contributed by atoms with Gasteiger partial charge in [0.15, 0.2) is 0 Å². The SMILES string of the molecule is CC(C)CC1CCC(C)CN1. The maximum atomic E-state index is 3.60. The molecule has 0 amide bonds. The van der Waals surface area contributed by atoms with Crippen LogP contribution in [0.2, 0.25) is 0 Å². The zero-order valence-corrected chi connectivity index (χ0v) is 8.06. The van der Waals surface area contributed by atoms with Crippen molar-refractivity contribution in [2.24, 2.45) is 11.8 Å². The Kier molecular flexibility index (Phi) is 3.38. The maximum absolute atomic E-state index is 3.60. The fourth-order valence-electron chi connectivity index (χ4n) is 1.83. The summed E-state index contributed by atoms with van der Waals surface area (Å²) in [4.78, 5) is 0. The monoisotopic (exact) mass is 155 g/mol. The van der Waals surface area contributed by atoms with Gasteiger partial charge in [-0.05, 0) is 37.6 Å². The summed E-state index contributed by atoms with van der Waals surface area (Å²) in [6, 6.07) is 0.811. The lowest BCUT2D eigenvalue weighted by molar-refractivity contribution is 0.295. The van der Waals surface area contributed by atoms with E-state index in [2.05, 4.69) is 26.1 Å². The molecular formula is C10H21N. The Balaban J connectivity index is 2.17. The summed E-state index contributed by atoms with van der Waals surface area (Å²) in [6.45, 7) is 8.18. The van der Waals surface area contributed by atoms with E-state index >= 15 is 0 Å². The van der Waals surface area contributed by atoms with Crippen LogP contribution in [0.3, 0.4) is 0 Å². The topological polar surface area (TPSA) is 12.0 Å². The Bertz CT molecular complexity index is 101. The van der Waals surface area contributed by atoms with Gasteiger partial charge in [0, 0.05) is 6.04 Å². The zero-order chi connectivity index (χ0) is 8.27. The van der Waals surface area contributed by atoms with Gasteiger partial charge in [0.25, 0.3) is 0 Å². The molecular weight excluding hydrogens is 134 g/mol. The molecule has 1 aliphatic heterocycles. The van der Waals surface area contributed by atoms with E-state index in [0.717, 1.165) is 17.9 Å². The molecule has 1 heterocycles. The lowest BCUT2D eigenvalue weighted by atomic mass is 9.91. The zero-order valence-electron chi connectivity index (χ0n) is 8.06. The first-order valence-corrected chi connectivity index (χ1v) is 4.92. The summed E-state index contributed by atoms with van der Waals surface area (Å²) in [5.41, 5.74) is 0. The second-order valence-corrected chi connectivity index (χ2v) is 4.42. The van der Waals surface area contributed by atoms with E-state index in [0.29, 0.717) is 0 Å². The molecule has 1 saturated heterocycles. The molecule has 0 spiro atoms. The Hall–Kier alpha value is -0.0400. The number of piperidine rings is 1. The molecule has 2 unspecified atom stereocenters. The highest BCUT2D eigenvalue weighted by Crippen LogP contribution is 2.18. The molecule has 66 valence electrons. The molecule has 1 aliphatic rings. The minimum atomic E-state index is 0.811. The van der Waals surface area contributed by atoms with E-state index in [-0.39, 0.29) is 0 Å². The minimum absolute atomic E-state index is 0.811. The molecule has 1 fully saturated rings. The Morgan fingerprint density at radius 1 is 1.36 bits per heavy atom.